The van der Waals surface area contributed by atoms with Crippen LogP contribution in [0, 0.1) is 5.82 Å². The maximum atomic E-state index is 13.3. The number of hydrogen-bond donors (Lipinski definition) is 3. The van der Waals surface area contributed by atoms with Gasteiger partial charge in [-0.1, -0.05) is 23.8 Å². The Morgan fingerprint density at radius 2 is 1.84 bits per heavy atom. The zero-order chi connectivity index (χ0) is 19.0. The molecule has 3 amide bonds. The van der Waals surface area contributed by atoms with Crippen molar-refractivity contribution in [3.8, 4) is 0 Å². The van der Waals surface area contributed by atoms with Gasteiger partial charge in [-0.3, -0.25) is 14.4 Å². The second-order valence-corrected chi connectivity index (χ2v) is 6.07. The van der Waals surface area contributed by atoms with Crippen molar-refractivity contribution < 1.29 is 18.8 Å². The first-order valence-corrected chi connectivity index (χ1v) is 7.93. The standard InChI is InChI=1S/C18H24FN3O3/c1-11(2)7-8-15(17(20)24)22-18(25)16(21-12(3)23)10-13-5-4-6-14(19)9-13/h4-7,9,15-16H,8,10H2,1-3H3,(H2,20,24)(H,21,23)(H,22,25)/t15-,16+/m0/s1. The molecule has 2 atom stereocenters. The molecule has 0 heterocycles. The summed E-state index contributed by atoms with van der Waals surface area (Å²) in [4.78, 5) is 35.4. The van der Waals surface area contributed by atoms with Gasteiger partial charge in [0.15, 0.2) is 0 Å². The summed E-state index contributed by atoms with van der Waals surface area (Å²) < 4.78 is 13.3. The van der Waals surface area contributed by atoms with Crippen LogP contribution in [0.4, 0.5) is 4.39 Å². The van der Waals surface area contributed by atoms with Gasteiger partial charge in [0, 0.05) is 13.3 Å². The van der Waals surface area contributed by atoms with Gasteiger partial charge >= 0.3 is 0 Å². The lowest BCUT2D eigenvalue weighted by Crippen LogP contribution is -2.53. The lowest BCUT2D eigenvalue weighted by atomic mass is 10.0. The van der Waals surface area contributed by atoms with E-state index in [9.17, 15) is 18.8 Å². The van der Waals surface area contributed by atoms with E-state index in [1.807, 2.05) is 13.8 Å². The summed E-state index contributed by atoms with van der Waals surface area (Å²) >= 11 is 0. The first kappa shape index (κ1) is 20.3. The largest absolute Gasteiger partial charge is 0.368 e. The summed E-state index contributed by atoms with van der Waals surface area (Å²) in [5, 5.41) is 5.06. The van der Waals surface area contributed by atoms with Crippen LogP contribution in [-0.4, -0.2) is 29.8 Å². The molecule has 0 aliphatic rings. The summed E-state index contributed by atoms with van der Waals surface area (Å²) in [5.41, 5.74) is 6.86. The first-order chi connectivity index (χ1) is 11.7. The number of halogens is 1. The van der Waals surface area contributed by atoms with Crippen molar-refractivity contribution in [1.82, 2.24) is 10.6 Å². The van der Waals surface area contributed by atoms with E-state index in [0.29, 0.717) is 5.56 Å². The van der Waals surface area contributed by atoms with Crippen LogP contribution in [0.2, 0.25) is 0 Å². The van der Waals surface area contributed by atoms with E-state index < -0.39 is 35.6 Å². The molecule has 0 aromatic heterocycles. The molecule has 0 unspecified atom stereocenters. The highest BCUT2D eigenvalue weighted by atomic mass is 19.1. The summed E-state index contributed by atoms with van der Waals surface area (Å²) in [6.07, 6.45) is 2.14. The van der Waals surface area contributed by atoms with E-state index >= 15 is 0 Å². The Labute approximate surface area is 146 Å². The van der Waals surface area contributed by atoms with Crippen LogP contribution >= 0.6 is 0 Å². The minimum Gasteiger partial charge on any atom is -0.368 e. The smallest absolute Gasteiger partial charge is 0.243 e. The van der Waals surface area contributed by atoms with Crippen LogP contribution < -0.4 is 16.4 Å². The number of allylic oxidation sites excluding steroid dienone is 1. The molecule has 1 aromatic carbocycles. The molecule has 0 saturated carbocycles. The molecule has 0 saturated heterocycles. The molecule has 0 radical (unpaired) electrons. The molecule has 0 aliphatic carbocycles. The molecule has 0 spiro atoms. The van der Waals surface area contributed by atoms with Crippen molar-refractivity contribution in [1.29, 1.82) is 0 Å². The van der Waals surface area contributed by atoms with Crippen molar-refractivity contribution in [2.24, 2.45) is 5.73 Å². The summed E-state index contributed by atoms with van der Waals surface area (Å²) in [6.45, 7) is 5.01. The number of nitrogens with one attached hydrogen (secondary N) is 2. The Kier molecular flexibility index (Phi) is 7.78. The van der Waals surface area contributed by atoms with Crippen LogP contribution in [-0.2, 0) is 20.8 Å². The van der Waals surface area contributed by atoms with E-state index in [0.717, 1.165) is 5.57 Å². The van der Waals surface area contributed by atoms with Crippen molar-refractivity contribution in [2.75, 3.05) is 0 Å². The van der Waals surface area contributed by atoms with Crippen molar-refractivity contribution in [3.05, 3.63) is 47.3 Å². The molecule has 25 heavy (non-hydrogen) atoms. The van der Waals surface area contributed by atoms with Crippen LogP contribution in [0.1, 0.15) is 32.8 Å². The quantitative estimate of drug-likeness (QED) is 0.615. The fourth-order valence-electron chi connectivity index (χ4n) is 2.23. The van der Waals surface area contributed by atoms with Gasteiger partial charge < -0.3 is 16.4 Å². The predicted molar refractivity (Wildman–Crippen MR) is 92.9 cm³/mol. The van der Waals surface area contributed by atoms with Gasteiger partial charge in [-0.25, -0.2) is 4.39 Å². The Morgan fingerprint density at radius 1 is 1.16 bits per heavy atom. The molecule has 1 rings (SSSR count). The molecule has 6 nitrogen and oxygen atoms in total. The molecule has 136 valence electrons. The van der Waals surface area contributed by atoms with E-state index in [1.165, 1.54) is 25.1 Å². The second kappa shape index (κ2) is 9.56. The highest BCUT2D eigenvalue weighted by Crippen LogP contribution is 2.08. The Morgan fingerprint density at radius 3 is 2.36 bits per heavy atom. The average molecular weight is 349 g/mol. The molecule has 1 aromatic rings. The van der Waals surface area contributed by atoms with E-state index in [1.54, 1.807) is 12.1 Å². The first-order valence-electron chi connectivity index (χ1n) is 7.93. The maximum absolute atomic E-state index is 13.3. The van der Waals surface area contributed by atoms with Gasteiger partial charge in [-0.05, 0) is 38.0 Å². The lowest BCUT2D eigenvalue weighted by Gasteiger charge is -2.21. The molecule has 0 fully saturated rings. The third kappa shape index (κ3) is 7.60. The second-order valence-electron chi connectivity index (χ2n) is 6.07. The highest BCUT2D eigenvalue weighted by molar-refractivity contribution is 5.91. The number of rotatable bonds is 8. The van der Waals surface area contributed by atoms with Crippen LogP contribution in [0.25, 0.3) is 0 Å². The van der Waals surface area contributed by atoms with Crippen molar-refractivity contribution >= 4 is 17.7 Å². The van der Waals surface area contributed by atoms with E-state index in [4.69, 9.17) is 5.73 Å². The molecule has 0 bridgehead atoms. The third-order valence-corrected chi connectivity index (χ3v) is 3.44. The zero-order valence-corrected chi connectivity index (χ0v) is 14.6. The lowest BCUT2D eigenvalue weighted by molar-refractivity contribution is -0.130. The maximum Gasteiger partial charge on any atom is 0.243 e. The average Bonchev–Trinajstić information content (AvgIpc) is 2.49. The summed E-state index contributed by atoms with van der Waals surface area (Å²) in [7, 11) is 0. The highest BCUT2D eigenvalue weighted by Gasteiger charge is 2.24. The van der Waals surface area contributed by atoms with Crippen LogP contribution in [0.15, 0.2) is 35.9 Å². The summed E-state index contributed by atoms with van der Waals surface area (Å²) in [5.74, 6) is -2.06. The van der Waals surface area contributed by atoms with Crippen molar-refractivity contribution in [3.63, 3.8) is 0 Å². The van der Waals surface area contributed by atoms with E-state index in [-0.39, 0.29) is 12.8 Å². The van der Waals surface area contributed by atoms with Crippen LogP contribution in [0.5, 0.6) is 0 Å². The number of primary amides is 1. The molecule has 7 heteroatoms. The Bertz CT molecular complexity index is 669. The van der Waals surface area contributed by atoms with Gasteiger partial charge in [0.2, 0.25) is 17.7 Å². The van der Waals surface area contributed by atoms with Crippen LogP contribution in [0.3, 0.4) is 0 Å². The van der Waals surface area contributed by atoms with Gasteiger partial charge in [-0.2, -0.15) is 0 Å². The van der Waals surface area contributed by atoms with Gasteiger partial charge in [-0.15, -0.1) is 0 Å². The SMILES string of the molecule is CC(=O)N[C@H](Cc1cccc(F)c1)C(=O)N[C@@H](CC=C(C)C)C(N)=O. The molecule has 0 aliphatic heterocycles. The molecule has 4 N–H and O–H groups in total. The number of carbonyl (C=O) groups excluding carboxylic acids is 3. The van der Waals surface area contributed by atoms with Gasteiger partial charge in [0.05, 0.1) is 0 Å². The Balaban J connectivity index is 2.89. The molecular formula is C18H24FN3O3. The number of carbonyl (C=O) groups is 3. The van der Waals surface area contributed by atoms with E-state index in [2.05, 4.69) is 10.6 Å². The fraction of sp³-hybridized carbons (Fsp3) is 0.389. The molecular weight excluding hydrogens is 325 g/mol. The number of hydrogen-bond acceptors (Lipinski definition) is 3. The topological polar surface area (TPSA) is 101 Å². The minimum absolute atomic E-state index is 0.0945. The summed E-state index contributed by atoms with van der Waals surface area (Å²) in [6, 6.07) is 3.93. The third-order valence-electron chi connectivity index (χ3n) is 3.44. The normalized spacial score (nSPS) is 12.6. The van der Waals surface area contributed by atoms with Gasteiger partial charge in [0.1, 0.15) is 17.9 Å². The number of benzene rings is 1. The minimum atomic E-state index is -0.937. The number of amides is 3. The number of nitrogens with two attached hydrogens (primary N) is 1. The fourth-order valence-corrected chi connectivity index (χ4v) is 2.23. The predicted octanol–water partition coefficient (Wildman–Crippen LogP) is 1.20. The zero-order valence-electron chi connectivity index (χ0n) is 14.6. The van der Waals surface area contributed by atoms with Crippen molar-refractivity contribution in [2.45, 2.75) is 45.7 Å². The monoisotopic (exact) mass is 349 g/mol. The Hall–Kier alpha value is -2.70. The van der Waals surface area contributed by atoms with Gasteiger partial charge in [0.25, 0.3) is 0 Å².